The van der Waals surface area contributed by atoms with Crippen molar-refractivity contribution in [3.8, 4) is 6.07 Å². The lowest BCUT2D eigenvalue weighted by molar-refractivity contribution is -0.117. The van der Waals surface area contributed by atoms with Crippen molar-refractivity contribution in [3.63, 3.8) is 0 Å². The molecule has 112 valence electrons. The van der Waals surface area contributed by atoms with Crippen LogP contribution in [-0.4, -0.2) is 29.2 Å². The highest BCUT2D eigenvalue weighted by atomic mass is 32.2. The Morgan fingerprint density at radius 3 is 2.76 bits per heavy atom. The minimum Gasteiger partial charge on any atom is -0.338 e. The number of hydrogen-bond donors (Lipinski definition) is 2. The minimum atomic E-state index is -0.503. The normalized spacial score (nSPS) is 9.81. The van der Waals surface area contributed by atoms with E-state index in [1.54, 1.807) is 0 Å². The summed E-state index contributed by atoms with van der Waals surface area (Å²) in [6, 6.07) is 3.41. The molecule has 6 nitrogen and oxygen atoms in total. The highest BCUT2D eigenvalue weighted by Crippen LogP contribution is 2.23. The summed E-state index contributed by atoms with van der Waals surface area (Å²) in [5.41, 5.74) is 2.08. The van der Waals surface area contributed by atoms with E-state index in [2.05, 4.69) is 21.7 Å². The van der Waals surface area contributed by atoms with Crippen molar-refractivity contribution in [2.75, 3.05) is 12.3 Å². The summed E-state index contributed by atoms with van der Waals surface area (Å²) < 4.78 is 0. The highest BCUT2D eigenvalue weighted by Gasteiger charge is 2.12. The molecule has 0 atom stereocenters. The molecule has 0 radical (unpaired) electrons. The van der Waals surface area contributed by atoms with E-state index in [9.17, 15) is 9.59 Å². The van der Waals surface area contributed by atoms with Gasteiger partial charge in [0.05, 0.1) is 11.3 Å². The number of pyridine rings is 1. The zero-order valence-electron chi connectivity index (χ0n) is 12.3. The summed E-state index contributed by atoms with van der Waals surface area (Å²) in [5, 5.41) is 14.4. The second kappa shape index (κ2) is 8.27. The van der Waals surface area contributed by atoms with Crippen molar-refractivity contribution in [1.29, 1.82) is 5.26 Å². The first-order chi connectivity index (χ1) is 9.97. The standard InChI is InChI=1S/C14H18N4O2S/c1-4-5-16-14(20)18-12(19)8-21-13-11(7-15)9(2)6-10(3)17-13/h6H,4-5,8H2,1-3H3,(H2,16,18,19,20). The fourth-order valence-electron chi connectivity index (χ4n) is 1.62. The molecule has 0 aliphatic heterocycles. The van der Waals surface area contributed by atoms with E-state index in [-0.39, 0.29) is 5.75 Å². The van der Waals surface area contributed by atoms with Crippen molar-refractivity contribution in [2.24, 2.45) is 0 Å². The number of carbonyl (C=O) groups excluding carboxylic acids is 2. The second-order valence-corrected chi connectivity index (χ2v) is 5.43. The first-order valence-corrected chi connectivity index (χ1v) is 7.55. The number of hydrogen-bond acceptors (Lipinski definition) is 5. The summed E-state index contributed by atoms with van der Waals surface area (Å²) >= 11 is 1.15. The molecule has 1 heterocycles. The van der Waals surface area contributed by atoms with E-state index < -0.39 is 11.9 Å². The Hall–Kier alpha value is -2.07. The van der Waals surface area contributed by atoms with Gasteiger partial charge in [0.1, 0.15) is 11.1 Å². The molecular weight excluding hydrogens is 288 g/mol. The Labute approximate surface area is 128 Å². The topological polar surface area (TPSA) is 94.9 Å². The van der Waals surface area contributed by atoms with E-state index >= 15 is 0 Å². The Bertz CT molecular complexity index is 581. The third-order valence-corrected chi connectivity index (χ3v) is 3.53. The average Bonchev–Trinajstić information content (AvgIpc) is 2.42. The quantitative estimate of drug-likeness (QED) is 0.810. The number of nitrogens with one attached hydrogen (secondary N) is 2. The monoisotopic (exact) mass is 306 g/mol. The first-order valence-electron chi connectivity index (χ1n) is 6.56. The molecule has 0 aromatic carbocycles. The summed E-state index contributed by atoms with van der Waals surface area (Å²) in [6.45, 7) is 6.10. The molecule has 1 rings (SSSR count). The summed E-state index contributed by atoms with van der Waals surface area (Å²) in [5.74, 6) is -0.386. The molecule has 0 unspecified atom stereocenters. The number of carbonyl (C=O) groups is 2. The van der Waals surface area contributed by atoms with Gasteiger partial charge in [-0.3, -0.25) is 10.1 Å². The molecule has 21 heavy (non-hydrogen) atoms. The minimum absolute atomic E-state index is 0.0319. The number of aryl methyl sites for hydroxylation is 2. The lowest BCUT2D eigenvalue weighted by Crippen LogP contribution is -2.40. The molecule has 1 aromatic rings. The smallest absolute Gasteiger partial charge is 0.321 e. The molecule has 0 bridgehead atoms. The Morgan fingerprint density at radius 2 is 2.14 bits per heavy atom. The van der Waals surface area contributed by atoms with Gasteiger partial charge in [-0.1, -0.05) is 18.7 Å². The van der Waals surface area contributed by atoms with E-state index in [4.69, 9.17) is 5.26 Å². The van der Waals surface area contributed by atoms with Gasteiger partial charge < -0.3 is 5.32 Å². The summed E-state index contributed by atoms with van der Waals surface area (Å²) in [4.78, 5) is 27.3. The van der Waals surface area contributed by atoms with E-state index in [1.807, 2.05) is 26.8 Å². The van der Waals surface area contributed by atoms with Gasteiger partial charge in [0.25, 0.3) is 0 Å². The summed E-state index contributed by atoms with van der Waals surface area (Å²) in [6.07, 6.45) is 0.800. The van der Waals surface area contributed by atoms with Crippen molar-refractivity contribution in [1.82, 2.24) is 15.6 Å². The predicted molar refractivity (Wildman–Crippen MR) is 81.0 cm³/mol. The number of nitrogens with zero attached hydrogens (tertiary/aromatic N) is 2. The molecule has 0 fully saturated rings. The maximum atomic E-state index is 11.7. The zero-order valence-corrected chi connectivity index (χ0v) is 13.1. The lowest BCUT2D eigenvalue weighted by Gasteiger charge is -2.08. The van der Waals surface area contributed by atoms with E-state index in [0.29, 0.717) is 17.1 Å². The Kier molecular flexibility index (Phi) is 6.69. The second-order valence-electron chi connectivity index (χ2n) is 4.47. The molecule has 2 N–H and O–H groups in total. The van der Waals surface area contributed by atoms with Crippen LogP contribution in [0.2, 0.25) is 0 Å². The molecule has 0 saturated carbocycles. The molecular formula is C14H18N4O2S. The number of aromatic nitrogens is 1. The molecule has 7 heteroatoms. The van der Waals surface area contributed by atoms with Crippen molar-refractivity contribution in [3.05, 3.63) is 22.9 Å². The van der Waals surface area contributed by atoms with Gasteiger partial charge in [0.15, 0.2) is 0 Å². The third kappa shape index (κ3) is 5.44. The summed E-state index contributed by atoms with van der Waals surface area (Å²) in [7, 11) is 0. The number of amides is 3. The highest BCUT2D eigenvalue weighted by molar-refractivity contribution is 8.00. The van der Waals surface area contributed by atoms with Crippen LogP contribution < -0.4 is 10.6 Å². The number of rotatable bonds is 5. The van der Waals surface area contributed by atoms with Crippen LogP contribution in [0.5, 0.6) is 0 Å². The van der Waals surface area contributed by atoms with Crippen LogP contribution in [0.25, 0.3) is 0 Å². The van der Waals surface area contributed by atoms with Gasteiger partial charge in [-0.15, -0.1) is 0 Å². The fourth-order valence-corrected chi connectivity index (χ4v) is 2.52. The van der Waals surface area contributed by atoms with Gasteiger partial charge in [0, 0.05) is 12.2 Å². The maximum absolute atomic E-state index is 11.7. The van der Waals surface area contributed by atoms with Crippen LogP contribution in [0.3, 0.4) is 0 Å². The van der Waals surface area contributed by atoms with Crippen LogP contribution in [0.1, 0.15) is 30.2 Å². The molecule has 0 saturated heterocycles. The number of imide groups is 1. The first kappa shape index (κ1) is 17.0. The number of thioether (sulfide) groups is 1. The molecule has 1 aromatic heterocycles. The van der Waals surface area contributed by atoms with E-state index in [0.717, 1.165) is 29.4 Å². The van der Waals surface area contributed by atoms with Crippen LogP contribution in [0.15, 0.2) is 11.1 Å². The SMILES string of the molecule is CCCNC(=O)NC(=O)CSc1nc(C)cc(C)c1C#N. The third-order valence-electron chi connectivity index (χ3n) is 2.55. The van der Waals surface area contributed by atoms with E-state index in [1.165, 1.54) is 0 Å². The van der Waals surface area contributed by atoms with Crippen molar-refractivity contribution >= 4 is 23.7 Å². The zero-order chi connectivity index (χ0) is 15.8. The maximum Gasteiger partial charge on any atom is 0.321 e. The van der Waals surface area contributed by atoms with Gasteiger partial charge in [-0.25, -0.2) is 9.78 Å². The molecule has 0 aliphatic rings. The fraction of sp³-hybridized carbons (Fsp3) is 0.429. The Morgan fingerprint density at radius 1 is 1.43 bits per heavy atom. The Balaban J connectivity index is 2.62. The average molecular weight is 306 g/mol. The largest absolute Gasteiger partial charge is 0.338 e. The molecule has 0 spiro atoms. The van der Waals surface area contributed by atoms with Gasteiger partial charge >= 0.3 is 6.03 Å². The van der Waals surface area contributed by atoms with Crippen LogP contribution in [0, 0.1) is 25.2 Å². The van der Waals surface area contributed by atoms with Gasteiger partial charge in [0.2, 0.25) is 5.91 Å². The lowest BCUT2D eigenvalue weighted by atomic mass is 10.1. The van der Waals surface area contributed by atoms with Crippen LogP contribution >= 0.6 is 11.8 Å². The van der Waals surface area contributed by atoms with Crippen molar-refractivity contribution < 1.29 is 9.59 Å². The van der Waals surface area contributed by atoms with Crippen LogP contribution in [0.4, 0.5) is 4.79 Å². The van der Waals surface area contributed by atoms with Crippen molar-refractivity contribution in [2.45, 2.75) is 32.2 Å². The number of urea groups is 1. The van der Waals surface area contributed by atoms with Gasteiger partial charge in [-0.2, -0.15) is 5.26 Å². The van der Waals surface area contributed by atoms with Crippen LogP contribution in [-0.2, 0) is 4.79 Å². The molecule has 0 aliphatic carbocycles. The van der Waals surface area contributed by atoms with Gasteiger partial charge in [-0.05, 0) is 31.9 Å². The molecule has 3 amide bonds. The number of nitriles is 1. The predicted octanol–water partition coefficient (Wildman–Crippen LogP) is 1.90.